The van der Waals surface area contributed by atoms with Crippen LogP contribution in [0, 0.1) is 0 Å². The van der Waals surface area contributed by atoms with E-state index in [0.717, 1.165) is 54.6 Å². The van der Waals surface area contributed by atoms with Gasteiger partial charge in [0, 0.05) is 64.1 Å². The fourth-order valence-electron chi connectivity index (χ4n) is 8.40. The quantitative estimate of drug-likeness (QED) is 0.176. The van der Waals surface area contributed by atoms with Crippen molar-refractivity contribution in [1.29, 1.82) is 0 Å². The van der Waals surface area contributed by atoms with Crippen LogP contribution in [0.3, 0.4) is 0 Å². The molecule has 0 aliphatic rings. The molecule has 0 atom stereocenters. The second-order valence-corrected chi connectivity index (χ2v) is 15.4. The molecule has 12 aromatic rings. The van der Waals surface area contributed by atoms with E-state index in [1.807, 2.05) is 47.7 Å². The van der Waals surface area contributed by atoms with Crippen LogP contribution in [0.5, 0.6) is 0 Å². The van der Waals surface area contributed by atoms with Crippen molar-refractivity contribution < 1.29 is 4.42 Å². The third kappa shape index (κ3) is 5.04. The molecular weight excluding hydrogens is 717 g/mol. The van der Waals surface area contributed by atoms with Gasteiger partial charge in [-0.2, -0.15) is 0 Å². The Morgan fingerprint density at radius 2 is 1.00 bits per heavy atom. The molecule has 0 unspecified atom stereocenters. The molecule has 0 amide bonds. The highest BCUT2D eigenvalue weighted by Crippen LogP contribution is 2.46. The maximum Gasteiger partial charge on any atom is 0.165 e. The number of para-hydroxylation sites is 3. The van der Waals surface area contributed by atoms with Crippen LogP contribution in [0.15, 0.2) is 186 Å². The lowest BCUT2D eigenvalue weighted by Crippen LogP contribution is -2.00. The van der Waals surface area contributed by atoms with Gasteiger partial charge in [-0.05, 0) is 65.7 Å². The highest BCUT2D eigenvalue weighted by atomic mass is 32.1. The van der Waals surface area contributed by atoms with Crippen molar-refractivity contribution in [3.05, 3.63) is 182 Å². The molecule has 0 saturated carbocycles. The highest BCUT2D eigenvalue weighted by Gasteiger charge is 2.21. The molecule has 0 radical (unpaired) electrons. The van der Waals surface area contributed by atoms with Crippen LogP contribution in [-0.2, 0) is 0 Å². The van der Waals surface area contributed by atoms with Crippen molar-refractivity contribution in [3.63, 3.8) is 0 Å². The molecule has 8 aromatic carbocycles. The summed E-state index contributed by atoms with van der Waals surface area (Å²) >= 11 is 1.82. The third-order valence-electron chi connectivity index (χ3n) is 11.1. The van der Waals surface area contributed by atoms with Gasteiger partial charge < -0.3 is 8.98 Å². The SMILES string of the molecule is c1ccc(-c2ccc(-c3nc(-c4ccc5oc6ccccc6c5c4)nc(-c4cccc5c4sc4c5ccc5c4c4ccccc4n5-c4ccccc4)n3)cc2)cc1. The number of furan rings is 1. The zero-order chi connectivity index (χ0) is 37.5. The van der Waals surface area contributed by atoms with E-state index in [0.29, 0.717) is 17.5 Å². The van der Waals surface area contributed by atoms with Crippen molar-refractivity contribution in [2.45, 2.75) is 0 Å². The van der Waals surface area contributed by atoms with Gasteiger partial charge in [0.1, 0.15) is 11.2 Å². The second kappa shape index (κ2) is 12.6. The van der Waals surface area contributed by atoms with Crippen molar-refractivity contribution in [2.75, 3.05) is 0 Å². The summed E-state index contributed by atoms with van der Waals surface area (Å²) in [5.74, 6) is 1.87. The van der Waals surface area contributed by atoms with Crippen LogP contribution in [0.25, 0.3) is 115 Å². The summed E-state index contributed by atoms with van der Waals surface area (Å²) in [6.07, 6.45) is 0. The Morgan fingerprint density at radius 3 is 1.84 bits per heavy atom. The Kier molecular flexibility index (Phi) is 7.03. The Hall–Kier alpha value is -7.41. The molecule has 4 heterocycles. The van der Waals surface area contributed by atoms with Crippen LogP contribution in [0.2, 0.25) is 0 Å². The first-order chi connectivity index (χ1) is 28.2. The summed E-state index contributed by atoms with van der Waals surface area (Å²) in [5.41, 5.74) is 10.3. The molecule has 0 saturated heterocycles. The van der Waals surface area contributed by atoms with E-state index in [2.05, 4.69) is 150 Å². The average molecular weight is 747 g/mol. The number of hydrogen-bond donors (Lipinski definition) is 0. The van der Waals surface area contributed by atoms with Gasteiger partial charge in [-0.1, -0.05) is 127 Å². The molecule has 0 aliphatic heterocycles. The molecule has 0 fully saturated rings. The van der Waals surface area contributed by atoms with E-state index in [4.69, 9.17) is 19.4 Å². The Balaban J connectivity index is 1.08. The van der Waals surface area contributed by atoms with E-state index in [1.165, 1.54) is 42.8 Å². The zero-order valence-electron chi connectivity index (χ0n) is 30.4. The third-order valence-corrected chi connectivity index (χ3v) is 12.3. The fraction of sp³-hybridized carbons (Fsp3) is 0. The summed E-state index contributed by atoms with van der Waals surface area (Å²) in [6.45, 7) is 0. The average Bonchev–Trinajstić information content (AvgIpc) is 3.96. The Labute approximate surface area is 330 Å². The predicted molar refractivity (Wildman–Crippen MR) is 236 cm³/mol. The molecule has 12 rings (SSSR count). The molecule has 0 aliphatic carbocycles. The number of thiophene rings is 1. The van der Waals surface area contributed by atoms with Gasteiger partial charge in [-0.25, -0.2) is 15.0 Å². The van der Waals surface area contributed by atoms with Crippen molar-refractivity contribution in [1.82, 2.24) is 19.5 Å². The first-order valence-corrected chi connectivity index (χ1v) is 19.8. The molecule has 266 valence electrons. The maximum absolute atomic E-state index is 6.18. The van der Waals surface area contributed by atoms with Gasteiger partial charge >= 0.3 is 0 Å². The van der Waals surface area contributed by atoms with Crippen LogP contribution in [-0.4, -0.2) is 19.5 Å². The molecule has 0 spiro atoms. The second-order valence-electron chi connectivity index (χ2n) is 14.4. The van der Waals surface area contributed by atoms with Crippen molar-refractivity contribution >= 4 is 75.3 Å². The van der Waals surface area contributed by atoms with Crippen molar-refractivity contribution in [2.24, 2.45) is 0 Å². The van der Waals surface area contributed by atoms with Crippen LogP contribution < -0.4 is 0 Å². The number of aromatic nitrogens is 4. The largest absolute Gasteiger partial charge is 0.456 e. The summed E-state index contributed by atoms with van der Waals surface area (Å²) in [4.78, 5) is 15.7. The monoisotopic (exact) mass is 746 g/mol. The van der Waals surface area contributed by atoms with Gasteiger partial charge in [0.15, 0.2) is 17.5 Å². The summed E-state index contributed by atoms with van der Waals surface area (Å²) in [5, 5.41) is 7.01. The molecular formula is C51H30N4OS. The minimum absolute atomic E-state index is 0.612. The van der Waals surface area contributed by atoms with Gasteiger partial charge in [0.2, 0.25) is 0 Å². The summed E-state index contributed by atoms with van der Waals surface area (Å²) < 4.78 is 11.0. The van der Waals surface area contributed by atoms with E-state index in [9.17, 15) is 0 Å². The maximum atomic E-state index is 6.18. The molecule has 4 aromatic heterocycles. The van der Waals surface area contributed by atoms with Gasteiger partial charge in [-0.15, -0.1) is 11.3 Å². The van der Waals surface area contributed by atoms with Gasteiger partial charge in [0.05, 0.1) is 11.0 Å². The topological polar surface area (TPSA) is 56.7 Å². The minimum atomic E-state index is 0.612. The fourth-order valence-corrected chi connectivity index (χ4v) is 9.77. The first-order valence-electron chi connectivity index (χ1n) is 19.0. The number of rotatable bonds is 5. The molecule has 6 heteroatoms. The normalized spacial score (nSPS) is 11.9. The lowest BCUT2D eigenvalue weighted by Gasteiger charge is -2.10. The van der Waals surface area contributed by atoms with E-state index < -0.39 is 0 Å². The van der Waals surface area contributed by atoms with E-state index >= 15 is 0 Å². The van der Waals surface area contributed by atoms with Gasteiger partial charge in [0.25, 0.3) is 0 Å². The molecule has 5 nitrogen and oxygen atoms in total. The minimum Gasteiger partial charge on any atom is -0.456 e. The lowest BCUT2D eigenvalue weighted by atomic mass is 10.0. The summed E-state index contributed by atoms with van der Waals surface area (Å²) in [7, 11) is 0. The van der Waals surface area contributed by atoms with Crippen LogP contribution >= 0.6 is 11.3 Å². The number of fused-ring (bicyclic) bond motifs is 10. The van der Waals surface area contributed by atoms with E-state index in [-0.39, 0.29) is 0 Å². The standard InChI is InChI=1S/C51H30N4OS/c1-3-12-31(13-4-1)32-22-24-33(25-23-32)49-52-50(34-26-29-45-41(30-34)36-16-8-10-21-44(36)56-45)54-51(53-49)40-19-11-18-37-38-27-28-43-46(48(38)57-47(37)40)39-17-7-9-20-42(39)55(43)35-14-5-2-6-15-35/h1-30H. The Morgan fingerprint density at radius 1 is 0.386 bits per heavy atom. The van der Waals surface area contributed by atoms with Crippen LogP contribution in [0.1, 0.15) is 0 Å². The smallest absolute Gasteiger partial charge is 0.165 e. The predicted octanol–water partition coefficient (Wildman–Crippen LogP) is 13.9. The lowest BCUT2D eigenvalue weighted by molar-refractivity contribution is 0.669. The number of hydrogen-bond acceptors (Lipinski definition) is 5. The Bertz CT molecular complexity index is 3510. The van der Waals surface area contributed by atoms with E-state index in [1.54, 1.807) is 0 Å². The molecule has 57 heavy (non-hydrogen) atoms. The zero-order valence-corrected chi connectivity index (χ0v) is 31.2. The number of nitrogens with zero attached hydrogens (tertiary/aromatic N) is 4. The first kappa shape index (κ1) is 31.9. The number of benzene rings is 8. The molecule has 0 N–H and O–H groups in total. The van der Waals surface area contributed by atoms with Crippen molar-refractivity contribution in [3.8, 4) is 51.0 Å². The summed E-state index contributed by atoms with van der Waals surface area (Å²) in [6, 6.07) is 63.7. The van der Waals surface area contributed by atoms with Crippen LogP contribution in [0.4, 0.5) is 0 Å². The molecule has 0 bridgehead atoms. The highest BCUT2D eigenvalue weighted by molar-refractivity contribution is 7.27. The van der Waals surface area contributed by atoms with Gasteiger partial charge in [-0.3, -0.25) is 0 Å².